The summed E-state index contributed by atoms with van der Waals surface area (Å²) in [5.74, 6) is -1.85. The predicted octanol–water partition coefficient (Wildman–Crippen LogP) is 3.55. The fourth-order valence-electron chi connectivity index (χ4n) is 2.18. The standard InChI is InChI=1S/C17H12ClN3O5S2/c18-10-5-7-11(8-6-10)28(25,26)21-13-4-2-1-3-12(13)15(22)20-17-19-14(9-27-17)16(23)24/h1-9,21H,(H,23,24)(H,19,20,22). The Balaban J connectivity index is 1.85. The molecule has 28 heavy (non-hydrogen) atoms. The number of amides is 1. The van der Waals surface area contributed by atoms with Crippen molar-refractivity contribution in [2.45, 2.75) is 4.90 Å². The van der Waals surface area contributed by atoms with Crippen LogP contribution in [0, 0.1) is 0 Å². The highest BCUT2D eigenvalue weighted by atomic mass is 35.5. The van der Waals surface area contributed by atoms with Gasteiger partial charge in [-0.3, -0.25) is 14.8 Å². The summed E-state index contributed by atoms with van der Waals surface area (Å²) < 4.78 is 27.5. The Morgan fingerprint density at radius 2 is 1.75 bits per heavy atom. The molecule has 1 heterocycles. The minimum absolute atomic E-state index is 0.0156. The van der Waals surface area contributed by atoms with E-state index in [1.807, 2.05) is 0 Å². The second-order valence-corrected chi connectivity index (χ2v) is 8.38. The van der Waals surface area contributed by atoms with Gasteiger partial charge in [-0.05, 0) is 36.4 Å². The van der Waals surface area contributed by atoms with E-state index in [9.17, 15) is 18.0 Å². The van der Waals surface area contributed by atoms with Gasteiger partial charge in [-0.15, -0.1) is 11.3 Å². The van der Waals surface area contributed by atoms with Gasteiger partial charge in [0.2, 0.25) is 0 Å². The third-order valence-electron chi connectivity index (χ3n) is 3.48. The van der Waals surface area contributed by atoms with Crippen molar-refractivity contribution >= 4 is 55.7 Å². The van der Waals surface area contributed by atoms with Crippen molar-refractivity contribution in [2.75, 3.05) is 10.0 Å². The quantitative estimate of drug-likeness (QED) is 0.541. The second kappa shape index (κ2) is 7.97. The molecule has 1 aromatic heterocycles. The Morgan fingerprint density at radius 3 is 2.39 bits per heavy atom. The molecule has 0 unspecified atom stereocenters. The lowest BCUT2D eigenvalue weighted by molar-refractivity contribution is 0.0691. The van der Waals surface area contributed by atoms with Crippen LogP contribution in [0.1, 0.15) is 20.8 Å². The van der Waals surface area contributed by atoms with E-state index in [-0.39, 0.29) is 27.0 Å². The van der Waals surface area contributed by atoms with Crippen LogP contribution in [0.5, 0.6) is 0 Å². The van der Waals surface area contributed by atoms with Gasteiger partial charge in [0.1, 0.15) is 0 Å². The van der Waals surface area contributed by atoms with Crippen molar-refractivity contribution in [2.24, 2.45) is 0 Å². The molecule has 0 saturated heterocycles. The van der Waals surface area contributed by atoms with Crippen LogP contribution < -0.4 is 10.0 Å². The maximum atomic E-state index is 12.6. The zero-order chi connectivity index (χ0) is 20.3. The highest BCUT2D eigenvalue weighted by molar-refractivity contribution is 7.92. The van der Waals surface area contributed by atoms with Crippen molar-refractivity contribution in [3.63, 3.8) is 0 Å². The number of carboxylic acid groups (broad SMARTS) is 1. The number of para-hydroxylation sites is 1. The van der Waals surface area contributed by atoms with Gasteiger partial charge in [0.05, 0.1) is 16.1 Å². The number of nitrogens with zero attached hydrogens (tertiary/aromatic N) is 1. The van der Waals surface area contributed by atoms with Crippen LogP contribution >= 0.6 is 22.9 Å². The minimum Gasteiger partial charge on any atom is -0.476 e. The molecule has 0 atom stereocenters. The maximum Gasteiger partial charge on any atom is 0.355 e. The van der Waals surface area contributed by atoms with Gasteiger partial charge < -0.3 is 5.11 Å². The molecule has 3 N–H and O–H groups in total. The van der Waals surface area contributed by atoms with Crippen LogP contribution in [0.4, 0.5) is 10.8 Å². The summed E-state index contributed by atoms with van der Waals surface area (Å²) in [4.78, 5) is 27.2. The van der Waals surface area contributed by atoms with E-state index in [4.69, 9.17) is 16.7 Å². The van der Waals surface area contributed by atoms with Crippen molar-refractivity contribution in [1.29, 1.82) is 0 Å². The molecule has 0 aliphatic rings. The van der Waals surface area contributed by atoms with Gasteiger partial charge in [0.25, 0.3) is 15.9 Å². The number of hydrogen-bond acceptors (Lipinski definition) is 6. The van der Waals surface area contributed by atoms with E-state index in [1.165, 1.54) is 41.8 Å². The van der Waals surface area contributed by atoms with Gasteiger partial charge in [0, 0.05) is 10.4 Å². The first-order chi connectivity index (χ1) is 13.3. The number of anilines is 2. The summed E-state index contributed by atoms with van der Waals surface area (Å²) in [5.41, 5.74) is -0.0888. The average Bonchev–Trinajstić information content (AvgIpc) is 3.11. The molecule has 3 aromatic rings. The van der Waals surface area contributed by atoms with Crippen molar-refractivity contribution in [3.05, 3.63) is 70.2 Å². The molecule has 0 bridgehead atoms. The molecule has 0 spiro atoms. The lowest BCUT2D eigenvalue weighted by atomic mass is 10.2. The topological polar surface area (TPSA) is 125 Å². The summed E-state index contributed by atoms with van der Waals surface area (Å²) in [6.07, 6.45) is 0. The molecule has 3 rings (SSSR count). The first-order valence-corrected chi connectivity index (χ1v) is 10.4. The number of thiazole rings is 1. The predicted molar refractivity (Wildman–Crippen MR) is 106 cm³/mol. The van der Waals surface area contributed by atoms with Crippen molar-refractivity contribution in [3.8, 4) is 0 Å². The molecular formula is C17H12ClN3O5S2. The summed E-state index contributed by atoms with van der Waals surface area (Å²) in [7, 11) is -3.95. The van der Waals surface area contributed by atoms with E-state index < -0.39 is 21.9 Å². The molecule has 144 valence electrons. The van der Waals surface area contributed by atoms with Gasteiger partial charge in [-0.2, -0.15) is 0 Å². The Kier molecular flexibility index (Phi) is 5.63. The summed E-state index contributed by atoms with van der Waals surface area (Å²) in [5, 5.41) is 13.1. The number of aromatic carboxylic acids is 1. The number of aromatic nitrogens is 1. The highest BCUT2D eigenvalue weighted by Crippen LogP contribution is 2.23. The number of halogens is 1. The Bertz CT molecular complexity index is 1140. The Labute approximate surface area is 168 Å². The van der Waals surface area contributed by atoms with E-state index in [1.54, 1.807) is 12.1 Å². The van der Waals surface area contributed by atoms with Crippen LogP contribution in [0.15, 0.2) is 58.8 Å². The Hall–Kier alpha value is -2.95. The Morgan fingerprint density at radius 1 is 1.07 bits per heavy atom. The van der Waals surface area contributed by atoms with Crippen LogP contribution in [0.25, 0.3) is 0 Å². The zero-order valence-electron chi connectivity index (χ0n) is 13.9. The number of hydrogen-bond donors (Lipinski definition) is 3. The van der Waals surface area contributed by atoms with Gasteiger partial charge in [0.15, 0.2) is 10.8 Å². The van der Waals surface area contributed by atoms with Gasteiger partial charge in [-0.25, -0.2) is 18.2 Å². The third kappa shape index (κ3) is 4.47. The van der Waals surface area contributed by atoms with E-state index in [2.05, 4.69) is 15.0 Å². The summed E-state index contributed by atoms with van der Waals surface area (Å²) >= 11 is 6.72. The van der Waals surface area contributed by atoms with Crippen LogP contribution in [-0.4, -0.2) is 30.4 Å². The molecule has 1 amide bonds. The van der Waals surface area contributed by atoms with Gasteiger partial charge in [-0.1, -0.05) is 23.7 Å². The first kappa shape index (κ1) is 19.8. The fourth-order valence-corrected chi connectivity index (χ4v) is 4.07. The molecular weight excluding hydrogens is 426 g/mol. The number of rotatable bonds is 6. The lowest BCUT2D eigenvalue weighted by Gasteiger charge is -2.12. The van der Waals surface area contributed by atoms with Crippen LogP contribution in [0.2, 0.25) is 5.02 Å². The molecule has 0 saturated carbocycles. The number of benzene rings is 2. The smallest absolute Gasteiger partial charge is 0.355 e. The molecule has 2 aromatic carbocycles. The molecule has 0 fully saturated rings. The zero-order valence-corrected chi connectivity index (χ0v) is 16.3. The highest BCUT2D eigenvalue weighted by Gasteiger charge is 2.19. The number of carboxylic acids is 1. The molecule has 0 aliphatic heterocycles. The molecule has 11 heteroatoms. The summed E-state index contributed by atoms with van der Waals surface area (Å²) in [6, 6.07) is 11.6. The van der Waals surface area contributed by atoms with E-state index in [0.29, 0.717) is 5.02 Å². The first-order valence-electron chi connectivity index (χ1n) is 7.64. The third-order valence-corrected chi connectivity index (χ3v) is 5.87. The van der Waals surface area contributed by atoms with Crippen LogP contribution in [0.3, 0.4) is 0 Å². The summed E-state index contributed by atoms with van der Waals surface area (Å²) in [6.45, 7) is 0. The molecule has 8 nitrogen and oxygen atoms in total. The monoisotopic (exact) mass is 437 g/mol. The lowest BCUT2D eigenvalue weighted by Crippen LogP contribution is -2.18. The van der Waals surface area contributed by atoms with Crippen LogP contribution in [-0.2, 0) is 10.0 Å². The van der Waals surface area contributed by atoms with E-state index in [0.717, 1.165) is 11.3 Å². The number of carbonyl (C=O) groups excluding carboxylic acids is 1. The molecule has 0 radical (unpaired) electrons. The second-order valence-electron chi connectivity index (χ2n) is 5.40. The number of nitrogens with one attached hydrogen (secondary N) is 2. The van der Waals surface area contributed by atoms with Crippen molar-refractivity contribution in [1.82, 2.24) is 4.98 Å². The SMILES string of the molecule is O=C(O)c1csc(NC(=O)c2ccccc2NS(=O)(=O)c2ccc(Cl)cc2)n1. The number of sulfonamides is 1. The van der Waals surface area contributed by atoms with Gasteiger partial charge >= 0.3 is 5.97 Å². The fraction of sp³-hybridized carbons (Fsp3) is 0. The largest absolute Gasteiger partial charge is 0.476 e. The van der Waals surface area contributed by atoms with E-state index >= 15 is 0 Å². The normalized spacial score (nSPS) is 11.0. The maximum absolute atomic E-state index is 12.6. The minimum atomic E-state index is -3.95. The molecule has 0 aliphatic carbocycles. The average molecular weight is 438 g/mol. The number of carbonyl (C=O) groups is 2. The van der Waals surface area contributed by atoms with Crippen molar-refractivity contribution < 1.29 is 23.1 Å².